The van der Waals surface area contributed by atoms with Gasteiger partial charge in [-0.3, -0.25) is 5.43 Å². The molecular weight excluding hydrogens is 230 g/mol. The SMILES string of the molecule is C=CC1=C(N)C(SC)NN=C1c1ccccc1. The molecule has 1 unspecified atom stereocenters. The van der Waals surface area contributed by atoms with Crippen molar-refractivity contribution in [3.8, 4) is 0 Å². The van der Waals surface area contributed by atoms with Crippen molar-refractivity contribution in [2.45, 2.75) is 5.37 Å². The molecule has 2 rings (SSSR count). The fraction of sp³-hybridized carbons (Fsp3) is 0.154. The van der Waals surface area contributed by atoms with Crippen molar-refractivity contribution < 1.29 is 0 Å². The Labute approximate surface area is 105 Å². The minimum atomic E-state index is 0.0236. The van der Waals surface area contributed by atoms with Crippen molar-refractivity contribution >= 4 is 17.5 Å². The van der Waals surface area contributed by atoms with Gasteiger partial charge in [-0.25, -0.2) is 0 Å². The predicted molar refractivity (Wildman–Crippen MR) is 74.8 cm³/mol. The number of nitrogens with zero attached hydrogens (tertiary/aromatic N) is 1. The van der Waals surface area contributed by atoms with Crippen LogP contribution in [0.4, 0.5) is 0 Å². The molecule has 1 aliphatic heterocycles. The molecule has 88 valence electrons. The quantitative estimate of drug-likeness (QED) is 0.857. The maximum atomic E-state index is 6.12. The Morgan fingerprint density at radius 3 is 2.71 bits per heavy atom. The van der Waals surface area contributed by atoms with Crippen LogP contribution in [0.5, 0.6) is 0 Å². The van der Waals surface area contributed by atoms with Crippen molar-refractivity contribution in [3.05, 3.63) is 59.8 Å². The average Bonchev–Trinajstić information content (AvgIpc) is 2.39. The van der Waals surface area contributed by atoms with Gasteiger partial charge < -0.3 is 5.73 Å². The van der Waals surface area contributed by atoms with E-state index in [9.17, 15) is 0 Å². The van der Waals surface area contributed by atoms with Crippen LogP contribution in [0.3, 0.4) is 0 Å². The topological polar surface area (TPSA) is 50.4 Å². The smallest absolute Gasteiger partial charge is 0.129 e. The molecule has 1 aliphatic rings. The Hall–Kier alpha value is -1.68. The fourth-order valence-electron chi connectivity index (χ4n) is 1.74. The van der Waals surface area contributed by atoms with Gasteiger partial charge in [0.15, 0.2) is 0 Å². The number of nitrogens with one attached hydrogen (secondary N) is 1. The number of hydrazone groups is 1. The van der Waals surface area contributed by atoms with Gasteiger partial charge in [0.1, 0.15) is 5.37 Å². The third kappa shape index (κ3) is 2.22. The molecule has 0 saturated heterocycles. The highest BCUT2D eigenvalue weighted by molar-refractivity contribution is 7.99. The summed E-state index contributed by atoms with van der Waals surface area (Å²) >= 11 is 1.62. The molecule has 1 heterocycles. The molecule has 1 atom stereocenters. The predicted octanol–water partition coefficient (Wildman–Crippen LogP) is 2.08. The first-order chi connectivity index (χ1) is 8.27. The molecule has 0 radical (unpaired) electrons. The number of nitrogens with two attached hydrogens (primary N) is 1. The zero-order valence-corrected chi connectivity index (χ0v) is 10.5. The van der Waals surface area contributed by atoms with Crippen LogP contribution in [0.1, 0.15) is 5.56 Å². The first-order valence-electron chi connectivity index (χ1n) is 5.31. The molecule has 0 fully saturated rings. The van der Waals surface area contributed by atoms with E-state index in [1.165, 1.54) is 0 Å². The normalized spacial score (nSPS) is 19.6. The standard InChI is InChI=1S/C13H15N3S/c1-3-10-11(14)13(17-2)16-15-12(10)9-7-5-4-6-8-9/h3-8,13,16H,1,14H2,2H3. The molecule has 3 nitrogen and oxygen atoms in total. The maximum absolute atomic E-state index is 6.12. The molecule has 1 aromatic rings. The molecule has 0 amide bonds. The highest BCUT2D eigenvalue weighted by Crippen LogP contribution is 2.22. The Bertz CT molecular complexity index is 477. The third-order valence-corrected chi connectivity index (χ3v) is 3.46. The number of hydrogen-bond donors (Lipinski definition) is 2. The van der Waals surface area contributed by atoms with Crippen LogP contribution in [0.15, 0.2) is 59.4 Å². The van der Waals surface area contributed by atoms with Crippen LogP contribution in [0.2, 0.25) is 0 Å². The molecule has 0 bridgehead atoms. The summed E-state index contributed by atoms with van der Waals surface area (Å²) in [7, 11) is 0. The van der Waals surface area contributed by atoms with Crippen molar-refractivity contribution in [3.63, 3.8) is 0 Å². The van der Waals surface area contributed by atoms with Crippen molar-refractivity contribution in [2.24, 2.45) is 10.8 Å². The van der Waals surface area contributed by atoms with Gasteiger partial charge in [0.05, 0.1) is 11.4 Å². The van der Waals surface area contributed by atoms with Gasteiger partial charge >= 0.3 is 0 Å². The van der Waals surface area contributed by atoms with Crippen LogP contribution >= 0.6 is 11.8 Å². The van der Waals surface area contributed by atoms with E-state index in [1.807, 2.05) is 36.6 Å². The maximum Gasteiger partial charge on any atom is 0.129 e. The van der Waals surface area contributed by atoms with Crippen LogP contribution in [0, 0.1) is 0 Å². The molecule has 1 aromatic carbocycles. The molecule has 0 aromatic heterocycles. The first kappa shape index (κ1) is 11.8. The van der Waals surface area contributed by atoms with Crippen LogP contribution < -0.4 is 11.2 Å². The summed E-state index contributed by atoms with van der Waals surface area (Å²) in [5.41, 5.74) is 12.7. The van der Waals surface area contributed by atoms with Gasteiger partial charge in [0, 0.05) is 11.1 Å². The zero-order valence-electron chi connectivity index (χ0n) is 9.68. The van der Waals surface area contributed by atoms with Crippen molar-refractivity contribution in [2.75, 3.05) is 6.26 Å². The van der Waals surface area contributed by atoms with Gasteiger partial charge in [-0.2, -0.15) is 5.10 Å². The summed E-state index contributed by atoms with van der Waals surface area (Å²) < 4.78 is 0. The van der Waals surface area contributed by atoms with E-state index in [4.69, 9.17) is 5.73 Å². The summed E-state index contributed by atoms with van der Waals surface area (Å²) in [5.74, 6) is 0. The van der Waals surface area contributed by atoms with E-state index in [0.29, 0.717) is 0 Å². The number of rotatable bonds is 3. The minimum absolute atomic E-state index is 0.0236. The zero-order chi connectivity index (χ0) is 12.3. The molecule has 17 heavy (non-hydrogen) atoms. The van der Waals surface area contributed by atoms with E-state index in [-0.39, 0.29) is 5.37 Å². The largest absolute Gasteiger partial charge is 0.399 e. The monoisotopic (exact) mass is 245 g/mol. The molecular formula is C13H15N3S. The minimum Gasteiger partial charge on any atom is -0.399 e. The Kier molecular flexibility index (Phi) is 3.54. The Morgan fingerprint density at radius 1 is 1.41 bits per heavy atom. The van der Waals surface area contributed by atoms with Gasteiger partial charge in [0.25, 0.3) is 0 Å². The van der Waals surface area contributed by atoms with Gasteiger partial charge in [-0.1, -0.05) is 43.0 Å². The highest BCUT2D eigenvalue weighted by Gasteiger charge is 2.21. The first-order valence-corrected chi connectivity index (χ1v) is 6.60. The second-order valence-corrected chi connectivity index (χ2v) is 4.59. The van der Waals surface area contributed by atoms with Crippen LogP contribution in [-0.4, -0.2) is 17.3 Å². The third-order valence-electron chi connectivity index (χ3n) is 2.63. The van der Waals surface area contributed by atoms with E-state index in [1.54, 1.807) is 17.8 Å². The molecule has 0 saturated carbocycles. The summed E-state index contributed by atoms with van der Waals surface area (Å²) in [6, 6.07) is 9.96. The summed E-state index contributed by atoms with van der Waals surface area (Å²) in [6.07, 6.45) is 3.76. The lowest BCUT2D eigenvalue weighted by molar-refractivity contribution is 0.733. The number of allylic oxidation sites excluding steroid dienone is 2. The van der Waals surface area contributed by atoms with E-state index in [2.05, 4.69) is 17.1 Å². The molecule has 0 aliphatic carbocycles. The average molecular weight is 245 g/mol. The Balaban J connectivity index is 2.44. The van der Waals surface area contributed by atoms with Crippen molar-refractivity contribution in [1.29, 1.82) is 0 Å². The summed E-state index contributed by atoms with van der Waals surface area (Å²) in [5, 5.41) is 4.41. The molecule has 3 N–H and O–H groups in total. The number of hydrogen-bond acceptors (Lipinski definition) is 4. The summed E-state index contributed by atoms with van der Waals surface area (Å²) in [6.45, 7) is 3.82. The summed E-state index contributed by atoms with van der Waals surface area (Å²) in [4.78, 5) is 0. The van der Waals surface area contributed by atoms with Crippen molar-refractivity contribution in [1.82, 2.24) is 5.43 Å². The number of benzene rings is 1. The van der Waals surface area contributed by atoms with Gasteiger partial charge in [0.2, 0.25) is 0 Å². The molecule has 4 heteroatoms. The number of thioether (sulfide) groups is 1. The van der Waals surface area contributed by atoms with Gasteiger partial charge in [-0.15, -0.1) is 11.8 Å². The lowest BCUT2D eigenvalue weighted by Crippen LogP contribution is -2.35. The van der Waals surface area contributed by atoms with E-state index in [0.717, 1.165) is 22.5 Å². The van der Waals surface area contributed by atoms with E-state index < -0.39 is 0 Å². The second-order valence-electron chi connectivity index (χ2n) is 3.64. The van der Waals surface area contributed by atoms with Gasteiger partial charge in [-0.05, 0) is 6.26 Å². The fourth-order valence-corrected chi connectivity index (χ4v) is 2.28. The molecule has 0 spiro atoms. The van der Waals surface area contributed by atoms with Crippen LogP contribution in [-0.2, 0) is 0 Å². The highest BCUT2D eigenvalue weighted by atomic mass is 32.2. The Morgan fingerprint density at radius 2 is 2.12 bits per heavy atom. The second kappa shape index (κ2) is 5.10. The lowest BCUT2D eigenvalue weighted by atomic mass is 10.00. The lowest BCUT2D eigenvalue weighted by Gasteiger charge is -2.24. The van der Waals surface area contributed by atoms with Crippen LogP contribution in [0.25, 0.3) is 0 Å². The van der Waals surface area contributed by atoms with E-state index >= 15 is 0 Å².